The molecule has 19 heavy (non-hydrogen) atoms. The Kier molecular flexibility index (Phi) is 5.43. The van der Waals surface area contributed by atoms with Gasteiger partial charge in [0.25, 0.3) is 0 Å². The van der Waals surface area contributed by atoms with E-state index in [1.54, 1.807) is 6.08 Å². The molecule has 104 valence electrons. The summed E-state index contributed by atoms with van der Waals surface area (Å²) in [6, 6.07) is 3.86. The van der Waals surface area contributed by atoms with E-state index < -0.39 is 0 Å². The van der Waals surface area contributed by atoms with Crippen LogP contribution in [-0.4, -0.2) is 30.4 Å². The normalized spacial score (nSPS) is 16.3. The summed E-state index contributed by atoms with van der Waals surface area (Å²) in [6.07, 6.45) is 3.64. The number of nitrogens with zero attached hydrogens (tertiary/aromatic N) is 1. The molecule has 1 N–H and O–H groups in total. The first-order chi connectivity index (χ1) is 9.20. The SMILES string of the molecule is C=CCN(Cc1ccc(Cl)s1)C(=O)C1CCNCC1. The maximum atomic E-state index is 12.5. The fourth-order valence-electron chi connectivity index (χ4n) is 2.34. The molecule has 0 spiro atoms. The Bertz CT molecular complexity index is 440. The van der Waals surface area contributed by atoms with Crippen LogP contribution in [0.4, 0.5) is 0 Å². The zero-order valence-electron chi connectivity index (χ0n) is 10.9. The third-order valence-corrected chi connectivity index (χ3v) is 4.54. The van der Waals surface area contributed by atoms with E-state index in [1.807, 2.05) is 17.0 Å². The van der Waals surface area contributed by atoms with Crippen LogP contribution in [-0.2, 0) is 11.3 Å². The predicted octanol–water partition coefficient (Wildman–Crippen LogP) is 2.92. The minimum absolute atomic E-state index is 0.150. The van der Waals surface area contributed by atoms with Crippen molar-refractivity contribution in [3.63, 3.8) is 0 Å². The first-order valence-electron chi connectivity index (χ1n) is 6.55. The van der Waals surface area contributed by atoms with Crippen molar-refractivity contribution in [3.8, 4) is 0 Å². The second kappa shape index (κ2) is 7.08. The Labute approximate surface area is 123 Å². The van der Waals surface area contributed by atoms with Gasteiger partial charge in [0, 0.05) is 17.3 Å². The van der Waals surface area contributed by atoms with Crippen LogP contribution in [0.3, 0.4) is 0 Å². The van der Waals surface area contributed by atoms with Gasteiger partial charge in [-0.1, -0.05) is 17.7 Å². The van der Waals surface area contributed by atoms with E-state index in [4.69, 9.17) is 11.6 Å². The van der Waals surface area contributed by atoms with E-state index in [-0.39, 0.29) is 11.8 Å². The Morgan fingerprint density at radius 3 is 2.84 bits per heavy atom. The van der Waals surface area contributed by atoms with Crippen molar-refractivity contribution in [2.24, 2.45) is 5.92 Å². The summed E-state index contributed by atoms with van der Waals surface area (Å²) in [4.78, 5) is 15.5. The zero-order valence-corrected chi connectivity index (χ0v) is 12.5. The second-order valence-corrected chi connectivity index (χ2v) is 6.54. The van der Waals surface area contributed by atoms with Gasteiger partial charge in [0.1, 0.15) is 0 Å². The highest BCUT2D eigenvalue weighted by Gasteiger charge is 2.25. The Hall–Kier alpha value is -0.840. The minimum atomic E-state index is 0.150. The van der Waals surface area contributed by atoms with Gasteiger partial charge in [-0.2, -0.15) is 0 Å². The van der Waals surface area contributed by atoms with E-state index in [0.29, 0.717) is 13.1 Å². The molecule has 0 atom stereocenters. The van der Waals surface area contributed by atoms with Crippen LogP contribution in [0.25, 0.3) is 0 Å². The number of amides is 1. The summed E-state index contributed by atoms with van der Waals surface area (Å²) >= 11 is 7.47. The first kappa shape index (κ1) is 14.6. The number of thiophene rings is 1. The summed E-state index contributed by atoms with van der Waals surface area (Å²) in [5, 5.41) is 3.29. The van der Waals surface area contributed by atoms with Crippen LogP contribution in [0.2, 0.25) is 4.34 Å². The molecule has 0 saturated carbocycles. The molecule has 2 rings (SSSR count). The number of nitrogens with one attached hydrogen (secondary N) is 1. The number of hydrogen-bond acceptors (Lipinski definition) is 3. The van der Waals surface area contributed by atoms with Crippen LogP contribution < -0.4 is 5.32 Å². The average Bonchev–Trinajstić information content (AvgIpc) is 2.84. The van der Waals surface area contributed by atoms with Gasteiger partial charge in [-0.15, -0.1) is 17.9 Å². The standard InChI is InChI=1S/C14H19ClN2OS/c1-2-9-17(10-12-3-4-13(15)19-12)14(18)11-5-7-16-8-6-11/h2-4,11,16H,1,5-10H2. The monoisotopic (exact) mass is 298 g/mol. The van der Waals surface area contributed by atoms with E-state index in [9.17, 15) is 4.79 Å². The number of carbonyl (C=O) groups excluding carboxylic acids is 1. The lowest BCUT2D eigenvalue weighted by Crippen LogP contribution is -2.40. The zero-order chi connectivity index (χ0) is 13.7. The first-order valence-corrected chi connectivity index (χ1v) is 7.74. The summed E-state index contributed by atoms with van der Waals surface area (Å²) in [7, 11) is 0. The van der Waals surface area contributed by atoms with Crippen LogP contribution in [0.1, 0.15) is 17.7 Å². The van der Waals surface area contributed by atoms with Crippen molar-refractivity contribution >= 4 is 28.8 Å². The Balaban J connectivity index is 2.01. The number of carbonyl (C=O) groups is 1. The van der Waals surface area contributed by atoms with Crippen molar-refractivity contribution < 1.29 is 4.79 Å². The fourth-order valence-corrected chi connectivity index (χ4v) is 3.44. The molecule has 5 heteroatoms. The highest BCUT2D eigenvalue weighted by molar-refractivity contribution is 7.16. The third kappa shape index (κ3) is 4.06. The van der Waals surface area contributed by atoms with Crippen molar-refractivity contribution in [2.45, 2.75) is 19.4 Å². The number of piperidine rings is 1. The average molecular weight is 299 g/mol. The molecule has 0 radical (unpaired) electrons. The smallest absolute Gasteiger partial charge is 0.226 e. The molecule has 1 aliphatic rings. The summed E-state index contributed by atoms with van der Waals surface area (Å²) in [5.41, 5.74) is 0. The van der Waals surface area contributed by atoms with Crippen LogP contribution in [0.5, 0.6) is 0 Å². The van der Waals surface area contributed by atoms with Gasteiger partial charge < -0.3 is 10.2 Å². The molecule has 1 amide bonds. The molecule has 0 bridgehead atoms. The maximum absolute atomic E-state index is 12.5. The van der Waals surface area contributed by atoms with Gasteiger partial charge >= 0.3 is 0 Å². The molecular formula is C14H19ClN2OS. The fraction of sp³-hybridized carbons (Fsp3) is 0.500. The minimum Gasteiger partial charge on any atom is -0.334 e. The molecule has 0 aliphatic carbocycles. The lowest BCUT2D eigenvalue weighted by molar-refractivity contribution is -0.136. The molecule has 1 aromatic heterocycles. The van der Waals surface area contributed by atoms with Gasteiger partial charge in [-0.05, 0) is 38.1 Å². The van der Waals surface area contributed by atoms with Gasteiger partial charge in [-0.25, -0.2) is 0 Å². The van der Waals surface area contributed by atoms with Crippen molar-refractivity contribution in [1.82, 2.24) is 10.2 Å². The second-order valence-electron chi connectivity index (χ2n) is 4.74. The topological polar surface area (TPSA) is 32.3 Å². The van der Waals surface area contributed by atoms with Crippen LogP contribution in [0.15, 0.2) is 24.8 Å². The molecule has 3 nitrogen and oxygen atoms in total. The lowest BCUT2D eigenvalue weighted by atomic mass is 9.96. The number of halogens is 1. The van der Waals surface area contributed by atoms with E-state index in [1.165, 1.54) is 11.3 Å². The van der Waals surface area contributed by atoms with Crippen molar-refractivity contribution in [1.29, 1.82) is 0 Å². The summed E-state index contributed by atoms with van der Waals surface area (Å²) in [6.45, 7) is 6.84. The number of rotatable bonds is 5. The van der Waals surface area contributed by atoms with Crippen molar-refractivity contribution in [2.75, 3.05) is 19.6 Å². The molecule has 0 unspecified atom stereocenters. The quantitative estimate of drug-likeness (QED) is 0.848. The molecular weight excluding hydrogens is 280 g/mol. The highest BCUT2D eigenvalue weighted by Crippen LogP contribution is 2.24. The van der Waals surface area contributed by atoms with Crippen LogP contribution >= 0.6 is 22.9 Å². The van der Waals surface area contributed by atoms with E-state index >= 15 is 0 Å². The molecule has 1 aliphatic heterocycles. The number of hydrogen-bond donors (Lipinski definition) is 1. The van der Waals surface area contributed by atoms with Crippen LogP contribution in [0, 0.1) is 5.92 Å². The van der Waals surface area contributed by atoms with E-state index in [2.05, 4.69) is 11.9 Å². The molecule has 2 heterocycles. The Morgan fingerprint density at radius 1 is 1.53 bits per heavy atom. The Morgan fingerprint density at radius 2 is 2.26 bits per heavy atom. The lowest BCUT2D eigenvalue weighted by Gasteiger charge is -2.28. The predicted molar refractivity (Wildman–Crippen MR) is 80.5 cm³/mol. The molecule has 1 saturated heterocycles. The molecule has 0 aromatic carbocycles. The molecule has 1 fully saturated rings. The highest BCUT2D eigenvalue weighted by atomic mass is 35.5. The van der Waals surface area contributed by atoms with E-state index in [0.717, 1.165) is 35.1 Å². The maximum Gasteiger partial charge on any atom is 0.226 e. The van der Waals surface area contributed by atoms with Gasteiger partial charge in [-0.3, -0.25) is 4.79 Å². The van der Waals surface area contributed by atoms with Gasteiger partial charge in [0.2, 0.25) is 5.91 Å². The van der Waals surface area contributed by atoms with Crippen molar-refractivity contribution in [3.05, 3.63) is 34.0 Å². The third-order valence-electron chi connectivity index (χ3n) is 3.33. The largest absolute Gasteiger partial charge is 0.334 e. The summed E-state index contributed by atoms with van der Waals surface area (Å²) < 4.78 is 0.767. The van der Waals surface area contributed by atoms with Gasteiger partial charge in [0.05, 0.1) is 10.9 Å². The summed E-state index contributed by atoms with van der Waals surface area (Å²) in [5.74, 6) is 0.391. The molecule has 1 aromatic rings. The van der Waals surface area contributed by atoms with Gasteiger partial charge in [0.15, 0.2) is 0 Å².